The molecule has 0 bridgehead atoms. The van der Waals surface area contributed by atoms with Gasteiger partial charge in [0.1, 0.15) is 5.75 Å². The zero-order valence-corrected chi connectivity index (χ0v) is 10.9. The van der Waals surface area contributed by atoms with Crippen LogP contribution in [-0.4, -0.2) is 25.1 Å². The zero-order chi connectivity index (χ0) is 13.7. The Morgan fingerprint density at radius 3 is 3.05 bits per heavy atom. The van der Waals surface area contributed by atoms with E-state index in [4.69, 9.17) is 4.74 Å². The summed E-state index contributed by atoms with van der Waals surface area (Å²) in [6, 6.07) is 5.79. The molecule has 1 heterocycles. The van der Waals surface area contributed by atoms with E-state index in [9.17, 15) is 9.59 Å². The smallest absolute Gasteiger partial charge is 0.396 e. The normalized spacial score (nSPS) is 13.1. The summed E-state index contributed by atoms with van der Waals surface area (Å²) in [5, 5.41) is 2.54. The highest BCUT2D eigenvalue weighted by Gasteiger charge is 2.15. The molecule has 0 aromatic heterocycles. The van der Waals surface area contributed by atoms with Gasteiger partial charge in [0, 0.05) is 6.54 Å². The molecule has 1 amide bonds. The third-order valence-corrected chi connectivity index (χ3v) is 2.89. The SMILES string of the molecule is CCOC(=O)C(=O)NCc1ccc2c(c1)CCCO2. The third kappa shape index (κ3) is 3.47. The van der Waals surface area contributed by atoms with Crippen molar-refractivity contribution in [1.82, 2.24) is 5.32 Å². The molecule has 0 spiro atoms. The van der Waals surface area contributed by atoms with Crippen LogP contribution < -0.4 is 10.1 Å². The highest BCUT2D eigenvalue weighted by atomic mass is 16.5. The topological polar surface area (TPSA) is 64.6 Å². The Balaban J connectivity index is 1.93. The van der Waals surface area contributed by atoms with Gasteiger partial charge in [-0.3, -0.25) is 4.79 Å². The van der Waals surface area contributed by atoms with Gasteiger partial charge < -0.3 is 14.8 Å². The van der Waals surface area contributed by atoms with Gasteiger partial charge in [-0.15, -0.1) is 0 Å². The average molecular weight is 263 g/mol. The van der Waals surface area contributed by atoms with Crippen molar-refractivity contribution >= 4 is 11.9 Å². The number of carbonyl (C=O) groups is 2. The van der Waals surface area contributed by atoms with Crippen LogP contribution in [0.3, 0.4) is 0 Å². The number of carbonyl (C=O) groups excluding carboxylic acids is 2. The van der Waals surface area contributed by atoms with E-state index in [-0.39, 0.29) is 6.61 Å². The number of benzene rings is 1. The number of hydrogen-bond acceptors (Lipinski definition) is 4. The molecule has 19 heavy (non-hydrogen) atoms. The Labute approximate surface area is 111 Å². The fourth-order valence-electron chi connectivity index (χ4n) is 1.97. The number of nitrogens with one attached hydrogen (secondary N) is 1. The second-order valence-corrected chi connectivity index (χ2v) is 4.30. The van der Waals surface area contributed by atoms with E-state index in [1.165, 1.54) is 0 Å². The van der Waals surface area contributed by atoms with Crippen LogP contribution in [0.15, 0.2) is 18.2 Å². The molecule has 1 aromatic carbocycles. The molecule has 0 fully saturated rings. The maximum atomic E-state index is 11.4. The molecule has 1 aliphatic rings. The standard InChI is InChI=1S/C14H17NO4/c1-2-18-14(17)13(16)15-9-10-5-6-12-11(8-10)4-3-7-19-12/h5-6,8H,2-4,7,9H2,1H3,(H,15,16). The van der Waals surface area contributed by atoms with Crippen molar-refractivity contribution in [2.24, 2.45) is 0 Å². The minimum atomic E-state index is -0.844. The van der Waals surface area contributed by atoms with Gasteiger partial charge in [-0.25, -0.2) is 4.79 Å². The van der Waals surface area contributed by atoms with E-state index >= 15 is 0 Å². The Morgan fingerprint density at radius 2 is 2.26 bits per heavy atom. The van der Waals surface area contributed by atoms with Gasteiger partial charge in [0.25, 0.3) is 0 Å². The summed E-state index contributed by atoms with van der Waals surface area (Å²) in [4.78, 5) is 22.5. The summed E-state index contributed by atoms with van der Waals surface area (Å²) >= 11 is 0. The molecule has 0 saturated heterocycles. The molecule has 1 aliphatic heterocycles. The molecule has 1 N–H and O–H groups in total. The van der Waals surface area contributed by atoms with Crippen LogP contribution in [0.4, 0.5) is 0 Å². The van der Waals surface area contributed by atoms with Gasteiger partial charge in [0.05, 0.1) is 13.2 Å². The summed E-state index contributed by atoms with van der Waals surface area (Å²) in [5.41, 5.74) is 2.09. The number of aryl methyl sites for hydroxylation is 1. The minimum Gasteiger partial charge on any atom is -0.493 e. The Kier molecular flexibility index (Phi) is 4.39. The van der Waals surface area contributed by atoms with E-state index in [1.807, 2.05) is 18.2 Å². The van der Waals surface area contributed by atoms with Crippen molar-refractivity contribution in [3.63, 3.8) is 0 Å². The number of ether oxygens (including phenoxy) is 2. The second-order valence-electron chi connectivity index (χ2n) is 4.30. The number of esters is 1. The van der Waals surface area contributed by atoms with Gasteiger partial charge in [-0.1, -0.05) is 12.1 Å². The van der Waals surface area contributed by atoms with Gasteiger partial charge >= 0.3 is 11.9 Å². The van der Waals surface area contributed by atoms with E-state index in [0.717, 1.165) is 36.3 Å². The molecule has 2 rings (SSSR count). The van der Waals surface area contributed by atoms with Crippen LogP contribution in [-0.2, 0) is 27.3 Å². The minimum absolute atomic E-state index is 0.197. The predicted octanol–water partition coefficient (Wildman–Crippen LogP) is 1.19. The van der Waals surface area contributed by atoms with Crippen molar-refractivity contribution in [2.45, 2.75) is 26.3 Å². The largest absolute Gasteiger partial charge is 0.493 e. The first-order chi connectivity index (χ1) is 9.20. The molecule has 5 heteroatoms. The second kappa shape index (κ2) is 6.22. The molecule has 5 nitrogen and oxygen atoms in total. The van der Waals surface area contributed by atoms with Crippen molar-refractivity contribution in [2.75, 3.05) is 13.2 Å². The van der Waals surface area contributed by atoms with E-state index in [2.05, 4.69) is 10.1 Å². The predicted molar refractivity (Wildman–Crippen MR) is 68.7 cm³/mol. The lowest BCUT2D eigenvalue weighted by Crippen LogP contribution is -2.32. The molecular formula is C14H17NO4. The number of rotatable bonds is 3. The molecule has 0 radical (unpaired) electrons. The number of hydrogen-bond donors (Lipinski definition) is 1. The maximum Gasteiger partial charge on any atom is 0.396 e. The summed E-state index contributed by atoms with van der Waals surface area (Å²) in [7, 11) is 0. The first kappa shape index (κ1) is 13.4. The Bertz CT molecular complexity index is 484. The molecule has 0 unspecified atom stereocenters. The fourth-order valence-corrected chi connectivity index (χ4v) is 1.97. The number of amides is 1. The summed E-state index contributed by atoms with van der Waals surface area (Å²) in [6.45, 7) is 2.92. The van der Waals surface area contributed by atoms with Gasteiger partial charge in [-0.2, -0.15) is 0 Å². The van der Waals surface area contributed by atoms with Gasteiger partial charge in [0.15, 0.2) is 0 Å². The zero-order valence-electron chi connectivity index (χ0n) is 10.9. The number of fused-ring (bicyclic) bond motifs is 1. The third-order valence-electron chi connectivity index (χ3n) is 2.89. The molecule has 1 aromatic rings. The highest BCUT2D eigenvalue weighted by molar-refractivity contribution is 6.32. The summed E-state index contributed by atoms with van der Waals surface area (Å²) in [5.74, 6) is -0.647. The molecule has 0 atom stereocenters. The van der Waals surface area contributed by atoms with Crippen LogP contribution in [0.2, 0.25) is 0 Å². The highest BCUT2D eigenvalue weighted by Crippen LogP contribution is 2.25. The fraction of sp³-hybridized carbons (Fsp3) is 0.429. The van der Waals surface area contributed by atoms with Crippen LogP contribution >= 0.6 is 0 Å². The van der Waals surface area contributed by atoms with Crippen molar-refractivity contribution in [3.05, 3.63) is 29.3 Å². The van der Waals surface area contributed by atoms with Crippen LogP contribution in [0.5, 0.6) is 5.75 Å². The van der Waals surface area contributed by atoms with Crippen molar-refractivity contribution in [3.8, 4) is 5.75 Å². The summed E-state index contributed by atoms with van der Waals surface area (Å²) < 4.78 is 10.1. The maximum absolute atomic E-state index is 11.4. The van der Waals surface area contributed by atoms with Crippen molar-refractivity contribution < 1.29 is 19.1 Å². The Hall–Kier alpha value is -2.04. The van der Waals surface area contributed by atoms with E-state index in [0.29, 0.717) is 6.54 Å². The molecule has 0 saturated carbocycles. The van der Waals surface area contributed by atoms with Crippen LogP contribution in [0.1, 0.15) is 24.5 Å². The van der Waals surface area contributed by atoms with Gasteiger partial charge in [-0.05, 0) is 37.0 Å². The first-order valence-corrected chi connectivity index (χ1v) is 6.40. The Morgan fingerprint density at radius 1 is 1.42 bits per heavy atom. The van der Waals surface area contributed by atoms with Crippen molar-refractivity contribution in [1.29, 1.82) is 0 Å². The lowest BCUT2D eigenvalue weighted by Gasteiger charge is -2.17. The molecule has 102 valence electrons. The molecular weight excluding hydrogens is 246 g/mol. The van der Waals surface area contributed by atoms with Crippen LogP contribution in [0.25, 0.3) is 0 Å². The average Bonchev–Trinajstić information content (AvgIpc) is 2.44. The van der Waals surface area contributed by atoms with Crippen LogP contribution in [0, 0.1) is 0 Å². The van der Waals surface area contributed by atoms with Gasteiger partial charge in [0.2, 0.25) is 0 Å². The lowest BCUT2D eigenvalue weighted by atomic mass is 10.0. The monoisotopic (exact) mass is 263 g/mol. The van der Waals surface area contributed by atoms with E-state index in [1.54, 1.807) is 6.92 Å². The first-order valence-electron chi connectivity index (χ1n) is 6.40. The summed E-state index contributed by atoms with van der Waals surface area (Å²) in [6.07, 6.45) is 1.99. The lowest BCUT2D eigenvalue weighted by molar-refractivity contribution is -0.154. The van der Waals surface area contributed by atoms with E-state index < -0.39 is 11.9 Å². The molecule has 0 aliphatic carbocycles. The quantitative estimate of drug-likeness (QED) is 0.657.